The van der Waals surface area contributed by atoms with Crippen molar-refractivity contribution in [3.05, 3.63) is 64.9 Å². The number of thioether (sulfide) groups is 1. The van der Waals surface area contributed by atoms with Crippen molar-refractivity contribution >= 4 is 35.0 Å². The molecule has 1 N–H and O–H groups in total. The molecule has 1 aromatic heterocycles. The lowest BCUT2D eigenvalue weighted by Crippen LogP contribution is -2.15. The molecule has 0 fully saturated rings. The van der Waals surface area contributed by atoms with Gasteiger partial charge < -0.3 is 14.6 Å². The zero-order valence-electron chi connectivity index (χ0n) is 15.7. The van der Waals surface area contributed by atoms with Gasteiger partial charge in [-0.1, -0.05) is 47.6 Å². The van der Waals surface area contributed by atoms with Gasteiger partial charge in [-0.05, 0) is 43.7 Å². The molecule has 146 valence electrons. The van der Waals surface area contributed by atoms with Crippen molar-refractivity contribution < 1.29 is 9.53 Å². The summed E-state index contributed by atoms with van der Waals surface area (Å²) in [6.07, 6.45) is 0. The van der Waals surface area contributed by atoms with Crippen LogP contribution in [0.3, 0.4) is 0 Å². The Kier molecular flexibility index (Phi) is 6.95. The van der Waals surface area contributed by atoms with Gasteiger partial charge >= 0.3 is 0 Å². The number of aryl methyl sites for hydroxylation is 1. The van der Waals surface area contributed by atoms with E-state index in [0.29, 0.717) is 28.3 Å². The fraction of sp³-hybridized carbons (Fsp3) is 0.250. The van der Waals surface area contributed by atoms with E-state index in [1.165, 1.54) is 11.8 Å². The smallest absolute Gasteiger partial charge is 0.234 e. The molecule has 0 aliphatic carbocycles. The highest BCUT2D eigenvalue weighted by Crippen LogP contribution is 2.24. The summed E-state index contributed by atoms with van der Waals surface area (Å²) >= 11 is 7.46. The van der Waals surface area contributed by atoms with E-state index in [0.717, 1.165) is 11.3 Å². The van der Waals surface area contributed by atoms with Crippen molar-refractivity contribution in [1.82, 2.24) is 14.8 Å². The molecule has 0 aliphatic heterocycles. The number of hydrogen-bond donors (Lipinski definition) is 1. The largest absolute Gasteiger partial charge is 0.484 e. The van der Waals surface area contributed by atoms with Gasteiger partial charge in [0.2, 0.25) is 5.91 Å². The maximum absolute atomic E-state index is 12.2. The first-order valence-corrected chi connectivity index (χ1v) is 10.2. The normalized spacial score (nSPS) is 10.7. The van der Waals surface area contributed by atoms with Crippen molar-refractivity contribution in [2.75, 3.05) is 11.1 Å². The lowest BCUT2D eigenvalue weighted by molar-refractivity contribution is -0.113. The number of halogens is 1. The van der Waals surface area contributed by atoms with Crippen molar-refractivity contribution in [1.29, 1.82) is 0 Å². The summed E-state index contributed by atoms with van der Waals surface area (Å²) in [4.78, 5) is 12.2. The second-order valence-electron chi connectivity index (χ2n) is 6.07. The summed E-state index contributed by atoms with van der Waals surface area (Å²) in [5.74, 6) is 1.44. The van der Waals surface area contributed by atoms with Gasteiger partial charge in [0, 0.05) is 12.2 Å². The van der Waals surface area contributed by atoms with Crippen LogP contribution in [0.15, 0.2) is 53.7 Å². The molecule has 1 heterocycles. The van der Waals surface area contributed by atoms with Gasteiger partial charge in [0.1, 0.15) is 12.4 Å². The van der Waals surface area contributed by atoms with Crippen LogP contribution in [0.2, 0.25) is 5.02 Å². The Bertz CT molecular complexity index is 961. The quantitative estimate of drug-likeness (QED) is 0.545. The number of carbonyl (C=O) groups excluding carboxylic acids is 1. The Labute approximate surface area is 173 Å². The van der Waals surface area contributed by atoms with Crippen molar-refractivity contribution in [2.45, 2.75) is 32.2 Å². The highest BCUT2D eigenvalue weighted by atomic mass is 35.5. The first-order valence-electron chi connectivity index (χ1n) is 8.85. The number of carbonyl (C=O) groups is 1. The van der Waals surface area contributed by atoms with E-state index in [1.807, 2.05) is 54.8 Å². The summed E-state index contributed by atoms with van der Waals surface area (Å²) < 4.78 is 7.68. The van der Waals surface area contributed by atoms with Crippen LogP contribution in [-0.4, -0.2) is 26.4 Å². The SMILES string of the molecule is CCn1c(COc2ccccc2Cl)nnc1SCC(=O)Nc1cccc(C)c1. The minimum atomic E-state index is -0.0879. The molecule has 0 spiro atoms. The van der Waals surface area contributed by atoms with Gasteiger partial charge in [0.15, 0.2) is 11.0 Å². The maximum atomic E-state index is 12.2. The Balaban J connectivity index is 1.58. The Morgan fingerprint density at radius 3 is 2.79 bits per heavy atom. The van der Waals surface area contributed by atoms with Crippen LogP contribution >= 0.6 is 23.4 Å². The zero-order chi connectivity index (χ0) is 19.9. The van der Waals surface area contributed by atoms with Crippen molar-refractivity contribution in [3.8, 4) is 5.75 Å². The molecule has 0 saturated heterocycles. The van der Waals surface area contributed by atoms with Gasteiger partial charge in [-0.25, -0.2) is 0 Å². The van der Waals surface area contributed by atoms with Crippen LogP contribution in [0, 0.1) is 6.92 Å². The van der Waals surface area contributed by atoms with Gasteiger partial charge in [0.05, 0.1) is 10.8 Å². The molecular formula is C20H21ClN4O2S. The lowest BCUT2D eigenvalue weighted by atomic mass is 10.2. The lowest BCUT2D eigenvalue weighted by Gasteiger charge is -2.10. The standard InChI is InChI=1S/C20H21ClN4O2S/c1-3-25-18(12-27-17-10-5-4-9-16(17)21)23-24-20(25)28-13-19(26)22-15-8-6-7-14(2)11-15/h4-11H,3,12-13H2,1-2H3,(H,22,26). The summed E-state index contributed by atoms with van der Waals surface area (Å²) in [6.45, 7) is 4.91. The van der Waals surface area contributed by atoms with Crippen LogP contribution in [0.4, 0.5) is 5.69 Å². The molecule has 0 saturated carbocycles. The van der Waals surface area contributed by atoms with Crippen LogP contribution in [0.5, 0.6) is 5.75 Å². The average molecular weight is 417 g/mol. The number of anilines is 1. The summed E-state index contributed by atoms with van der Waals surface area (Å²) in [5.41, 5.74) is 1.88. The van der Waals surface area contributed by atoms with E-state index in [-0.39, 0.29) is 18.3 Å². The molecule has 0 aliphatic rings. The first kappa shape index (κ1) is 20.2. The number of nitrogens with one attached hydrogen (secondary N) is 1. The molecule has 2 aromatic carbocycles. The van der Waals surface area contributed by atoms with Gasteiger partial charge in [-0.2, -0.15) is 0 Å². The number of hydrogen-bond acceptors (Lipinski definition) is 5. The highest BCUT2D eigenvalue weighted by molar-refractivity contribution is 7.99. The minimum Gasteiger partial charge on any atom is -0.484 e. The van der Waals surface area contributed by atoms with E-state index in [9.17, 15) is 4.79 Å². The number of aromatic nitrogens is 3. The number of amides is 1. The molecule has 0 bridgehead atoms. The average Bonchev–Trinajstić information content (AvgIpc) is 3.07. The van der Waals surface area contributed by atoms with Crippen LogP contribution in [0.25, 0.3) is 0 Å². The first-order chi connectivity index (χ1) is 13.6. The van der Waals surface area contributed by atoms with Crippen LogP contribution in [-0.2, 0) is 17.9 Å². The second kappa shape index (κ2) is 9.61. The monoisotopic (exact) mass is 416 g/mol. The number of rotatable bonds is 8. The Morgan fingerprint density at radius 2 is 2.04 bits per heavy atom. The van der Waals surface area contributed by atoms with Crippen molar-refractivity contribution in [2.24, 2.45) is 0 Å². The zero-order valence-corrected chi connectivity index (χ0v) is 17.3. The number of para-hydroxylation sites is 1. The molecule has 0 radical (unpaired) electrons. The molecule has 8 heteroatoms. The van der Waals surface area contributed by atoms with Crippen LogP contribution in [0.1, 0.15) is 18.3 Å². The highest BCUT2D eigenvalue weighted by Gasteiger charge is 2.14. The molecular weight excluding hydrogens is 396 g/mol. The Hall–Kier alpha value is -2.51. The molecule has 1 amide bonds. The third-order valence-electron chi connectivity index (χ3n) is 3.94. The van der Waals surface area contributed by atoms with Crippen LogP contribution < -0.4 is 10.1 Å². The van der Waals surface area contributed by atoms with Gasteiger partial charge in [-0.15, -0.1) is 10.2 Å². The molecule has 28 heavy (non-hydrogen) atoms. The second-order valence-corrected chi connectivity index (χ2v) is 7.42. The molecule has 3 aromatic rings. The fourth-order valence-electron chi connectivity index (χ4n) is 2.60. The van der Waals surface area contributed by atoms with Gasteiger partial charge in [0.25, 0.3) is 0 Å². The predicted molar refractivity (Wildman–Crippen MR) is 112 cm³/mol. The van der Waals surface area contributed by atoms with E-state index in [1.54, 1.807) is 12.1 Å². The predicted octanol–water partition coefficient (Wildman–Crippen LogP) is 4.57. The van der Waals surface area contributed by atoms with E-state index >= 15 is 0 Å². The number of benzene rings is 2. The third-order valence-corrected chi connectivity index (χ3v) is 5.22. The van der Waals surface area contributed by atoms with E-state index in [4.69, 9.17) is 16.3 Å². The summed E-state index contributed by atoms with van der Waals surface area (Å²) in [5, 5.41) is 12.5. The summed E-state index contributed by atoms with van der Waals surface area (Å²) in [6, 6.07) is 15.0. The molecule has 0 unspecified atom stereocenters. The molecule has 6 nitrogen and oxygen atoms in total. The fourth-order valence-corrected chi connectivity index (χ4v) is 3.62. The number of ether oxygens (including phenoxy) is 1. The van der Waals surface area contributed by atoms with E-state index < -0.39 is 0 Å². The Morgan fingerprint density at radius 1 is 1.21 bits per heavy atom. The minimum absolute atomic E-state index is 0.0879. The number of nitrogens with zero attached hydrogens (tertiary/aromatic N) is 3. The summed E-state index contributed by atoms with van der Waals surface area (Å²) in [7, 11) is 0. The third kappa shape index (κ3) is 5.27. The van der Waals surface area contributed by atoms with Gasteiger partial charge in [-0.3, -0.25) is 4.79 Å². The topological polar surface area (TPSA) is 69.0 Å². The van der Waals surface area contributed by atoms with E-state index in [2.05, 4.69) is 15.5 Å². The van der Waals surface area contributed by atoms with Crippen molar-refractivity contribution in [3.63, 3.8) is 0 Å². The molecule has 3 rings (SSSR count). The molecule has 0 atom stereocenters. The maximum Gasteiger partial charge on any atom is 0.234 e.